The summed E-state index contributed by atoms with van der Waals surface area (Å²) < 4.78 is 10.8. The molecular weight excluding hydrogens is 318 g/mol. The van der Waals surface area contributed by atoms with Crippen LogP contribution in [0.25, 0.3) is 0 Å². The van der Waals surface area contributed by atoms with E-state index >= 15 is 0 Å². The van der Waals surface area contributed by atoms with Crippen molar-refractivity contribution in [2.75, 3.05) is 33.8 Å². The average molecular weight is 347 g/mol. The fraction of sp³-hybridized carbons (Fsp3) is 0.579. The Kier molecular flexibility index (Phi) is 7.10. The third-order valence-electron chi connectivity index (χ3n) is 4.45. The van der Waals surface area contributed by atoms with Gasteiger partial charge in [-0.1, -0.05) is 17.7 Å². The minimum absolute atomic E-state index is 0.00292. The van der Waals surface area contributed by atoms with Crippen molar-refractivity contribution in [3.05, 3.63) is 29.8 Å². The molecule has 1 heterocycles. The van der Waals surface area contributed by atoms with Gasteiger partial charge in [-0.15, -0.1) is 0 Å². The lowest BCUT2D eigenvalue weighted by Gasteiger charge is -2.33. The molecule has 0 aliphatic carbocycles. The van der Waals surface area contributed by atoms with E-state index in [4.69, 9.17) is 9.47 Å². The Bertz CT molecular complexity index is 578. The zero-order chi connectivity index (χ0) is 18.2. The lowest BCUT2D eigenvalue weighted by molar-refractivity contribution is -0.146. The maximum absolute atomic E-state index is 11.6. The fourth-order valence-corrected chi connectivity index (χ4v) is 2.95. The van der Waals surface area contributed by atoms with Gasteiger partial charge in [-0.25, -0.2) is 0 Å². The first-order chi connectivity index (χ1) is 12.0. The number of guanidine groups is 1. The lowest BCUT2D eigenvalue weighted by atomic mass is 9.97. The highest BCUT2D eigenvalue weighted by Gasteiger charge is 2.27. The predicted octanol–water partition coefficient (Wildman–Crippen LogP) is 2.22. The molecule has 1 aromatic carbocycles. The van der Waals surface area contributed by atoms with Crippen molar-refractivity contribution in [1.82, 2.24) is 10.2 Å². The molecule has 1 aromatic rings. The number of methoxy groups -OCH3 is 1. The summed E-state index contributed by atoms with van der Waals surface area (Å²) in [6.07, 6.45) is 1.61. The van der Waals surface area contributed by atoms with Gasteiger partial charge in [0.05, 0.1) is 19.6 Å². The number of benzene rings is 1. The summed E-state index contributed by atoms with van der Waals surface area (Å²) in [5.41, 5.74) is 1.22. The van der Waals surface area contributed by atoms with E-state index in [-0.39, 0.29) is 18.0 Å². The summed E-state index contributed by atoms with van der Waals surface area (Å²) in [5, 5.41) is 3.36. The van der Waals surface area contributed by atoms with Crippen molar-refractivity contribution in [3.8, 4) is 5.75 Å². The normalized spacial score (nSPS) is 17.1. The minimum Gasteiger partial charge on any atom is -0.489 e. The standard InChI is InChI=1S/C19H29N3O3/c1-14-5-7-17(8-6-14)25-15(2)13-21-19(20-3)22-11-9-16(10-12-22)18(23)24-4/h5-8,15-16H,9-13H2,1-4H3,(H,20,21). The van der Waals surface area contributed by atoms with Crippen molar-refractivity contribution >= 4 is 11.9 Å². The smallest absolute Gasteiger partial charge is 0.308 e. The molecular formula is C19H29N3O3. The van der Waals surface area contributed by atoms with E-state index in [0.29, 0.717) is 6.54 Å². The largest absolute Gasteiger partial charge is 0.489 e. The number of hydrogen-bond donors (Lipinski definition) is 1. The van der Waals surface area contributed by atoms with Crippen molar-refractivity contribution < 1.29 is 14.3 Å². The van der Waals surface area contributed by atoms with Crippen LogP contribution in [0.3, 0.4) is 0 Å². The molecule has 0 radical (unpaired) electrons. The van der Waals surface area contributed by atoms with Crippen LogP contribution in [0.5, 0.6) is 5.75 Å². The number of ether oxygens (including phenoxy) is 2. The first kappa shape index (κ1) is 19.1. The molecule has 6 heteroatoms. The van der Waals surface area contributed by atoms with Gasteiger partial charge in [0, 0.05) is 20.1 Å². The van der Waals surface area contributed by atoms with Gasteiger partial charge in [0.1, 0.15) is 11.9 Å². The fourth-order valence-electron chi connectivity index (χ4n) is 2.95. The van der Waals surface area contributed by atoms with E-state index in [1.54, 1.807) is 7.05 Å². The van der Waals surface area contributed by atoms with E-state index in [2.05, 4.69) is 22.1 Å². The van der Waals surface area contributed by atoms with E-state index in [1.165, 1.54) is 12.7 Å². The summed E-state index contributed by atoms with van der Waals surface area (Å²) in [5.74, 6) is 1.61. The third kappa shape index (κ3) is 5.66. The molecule has 25 heavy (non-hydrogen) atoms. The number of aliphatic imine (C=N–C) groups is 1. The molecule has 138 valence electrons. The zero-order valence-corrected chi connectivity index (χ0v) is 15.6. The number of rotatable bonds is 5. The van der Waals surface area contributed by atoms with Gasteiger partial charge in [-0.3, -0.25) is 9.79 Å². The summed E-state index contributed by atoms with van der Waals surface area (Å²) >= 11 is 0. The molecule has 1 atom stereocenters. The molecule has 6 nitrogen and oxygen atoms in total. The Morgan fingerprint density at radius 3 is 2.52 bits per heavy atom. The number of aryl methyl sites for hydroxylation is 1. The van der Waals surface area contributed by atoms with Gasteiger partial charge in [0.2, 0.25) is 0 Å². The second kappa shape index (κ2) is 9.30. The molecule has 0 bridgehead atoms. The number of likely N-dealkylation sites (tertiary alicyclic amines) is 1. The molecule has 1 saturated heterocycles. The second-order valence-electron chi connectivity index (χ2n) is 6.45. The SMILES string of the molecule is CN=C(NCC(C)Oc1ccc(C)cc1)N1CCC(C(=O)OC)CC1. The van der Waals surface area contributed by atoms with Crippen LogP contribution in [0.4, 0.5) is 0 Å². The topological polar surface area (TPSA) is 63.2 Å². The molecule has 0 spiro atoms. The maximum atomic E-state index is 11.6. The first-order valence-electron chi connectivity index (χ1n) is 8.80. The molecule has 1 aliphatic rings. The van der Waals surface area contributed by atoms with Crippen LogP contribution in [0, 0.1) is 12.8 Å². The molecule has 0 amide bonds. The van der Waals surface area contributed by atoms with Gasteiger partial charge >= 0.3 is 5.97 Å². The van der Waals surface area contributed by atoms with Crippen LogP contribution in [0.15, 0.2) is 29.3 Å². The van der Waals surface area contributed by atoms with E-state index < -0.39 is 0 Å². The van der Waals surface area contributed by atoms with Gasteiger partial charge in [-0.2, -0.15) is 0 Å². The highest BCUT2D eigenvalue weighted by molar-refractivity contribution is 5.80. The summed E-state index contributed by atoms with van der Waals surface area (Å²) in [4.78, 5) is 18.2. The van der Waals surface area contributed by atoms with Crippen molar-refractivity contribution in [2.45, 2.75) is 32.8 Å². The monoisotopic (exact) mass is 347 g/mol. The molecule has 1 unspecified atom stereocenters. The highest BCUT2D eigenvalue weighted by atomic mass is 16.5. The third-order valence-corrected chi connectivity index (χ3v) is 4.45. The first-order valence-corrected chi connectivity index (χ1v) is 8.80. The van der Waals surface area contributed by atoms with Gasteiger partial charge in [0.15, 0.2) is 5.96 Å². The van der Waals surface area contributed by atoms with Crippen molar-refractivity contribution in [3.63, 3.8) is 0 Å². The van der Waals surface area contributed by atoms with E-state index in [1.807, 2.05) is 31.2 Å². The van der Waals surface area contributed by atoms with Crippen LogP contribution in [-0.4, -0.2) is 56.7 Å². The molecule has 0 aromatic heterocycles. The molecule has 1 N–H and O–H groups in total. The number of esters is 1. The Morgan fingerprint density at radius 1 is 1.32 bits per heavy atom. The Balaban J connectivity index is 1.78. The molecule has 1 aliphatic heterocycles. The quantitative estimate of drug-likeness (QED) is 0.503. The Hall–Kier alpha value is -2.24. The van der Waals surface area contributed by atoms with Crippen molar-refractivity contribution in [1.29, 1.82) is 0 Å². The number of piperidine rings is 1. The van der Waals surface area contributed by atoms with Crippen LogP contribution < -0.4 is 10.1 Å². The Labute approximate surface area is 150 Å². The van der Waals surface area contributed by atoms with Crippen LogP contribution in [0.2, 0.25) is 0 Å². The Morgan fingerprint density at radius 2 is 1.96 bits per heavy atom. The lowest BCUT2D eigenvalue weighted by Crippen LogP contribution is -2.48. The van der Waals surface area contributed by atoms with Gasteiger partial charge in [0.25, 0.3) is 0 Å². The summed E-state index contributed by atoms with van der Waals surface area (Å²) in [6, 6.07) is 8.05. The van der Waals surface area contributed by atoms with Crippen LogP contribution in [0.1, 0.15) is 25.3 Å². The predicted molar refractivity (Wildman–Crippen MR) is 98.9 cm³/mol. The highest BCUT2D eigenvalue weighted by Crippen LogP contribution is 2.18. The zero-order valence-electron chi connectivity index (χ0n) is 15.6. The van der Waals surface area contributed by atoms with Crippen LogP contribution in [-0.2, 0) is 9.53 Å². The number of carbonyl (C=O) groups excluding carboxylic acids is 1. The van der Waals surface area contributed by atoms with Crippen LogP contribution >= 0.6 is 0 Å². The second-order valence-corrected chi connectivity index (χ2v) is 6.45. The number of hydrogen-bond acceptors (Lipinski definition) is 4. The average Bonchev–Trinajstić information content (AvgIpc) is 2.64. The van der Waals surface area contributed by atoms with Crippen molar-refractivity contribution in [2.24, 2.45) is 10.9 Å². The number of carbonyl (C=O) groups is 1. The minimum atomic E-state index is -0.109. The maximum Gasteiger partial charge on any atom is 0.308 e. The summed E-state index contributed by atoms with van der Waals surface area (Å²) in [6.45, 7) is 6.35. The summed E-state index contributed by atoms with van der Waals surface area (Å²) in [7, 11) is 3.23. The number of nitrogens with zero attached hydrogens (tertiary/aromatic N) is 2. The molecule has 2 rings (SSSR count). The van der Waals surface area contributed by atoms with E-state index in [0.717, 1.165) is 37.6 Å². The molecule has 1 fully saturated rings. The van der Waals surface area contributed by atoms with E-state index in [9.17, 15) is 4.79 Å². The van der Waals surface area contributed by atoms with Gasteiger partial charge < -0.3 is 19.7 Å². The molecule has 0 saturated carbocycles. The van der Waals surface area contributed by atoms with Gasteiger partial charge in [-0.05, 0) is 38.8 Å². The number of nitrogens with one attached hydrogen (secondary N) is 1.